The number of likely N-dealkylation sites (tertiary alicyclic amines) is 1. The van der Waals surface area contributed by atoms with Gasteiger partial charge in [0.05, 0.1) is 13.2 Å². The SMILES string of the molecule is CCOc1cc(C(=O)N2CCCC3(C2)NC(=O)NC3=O)ccc1OCc1ccncc1. The molecule has 1 atom stereocenters. The molecule has 2 N–H and O–H groups in total. The van der Waals surface area contributed by atoms with Gasteiger partial charge in [-0.25, -0.2) is 4.79 Å². The third kappa shape index (κ3) is 4.30. The van der Waals surface area contributed by atoms with Crippen LogP contribution in [-0.4, -0.2) is 53.0 Å². The number of imide groups is 1. The Balaban J connectivity index is 1.50. The van der Waals surface area contributed by atoms with Gasteiger partial charge in [0.2, 0.25) is 0 Å². The fourth-order valence-electron chi connectivity index (χ4n) is 3.90. The summed E-state index contributed by atoms with van der Waals surface area (Å²) in [6.45, 7) is 3.26. The summed E-state index contributed by atoms with van der Waals surface area (Å²) in [4.78, 5) is 42.6. The van der Waals surface area contributed by atoms with Gasteiger partial charge < -0.3 is 19.7 Å². The second kappa shape index (κ2) is 8.63. The van der Waals surface area contributed by atoms with Gasteiger partial charge in [-0.1, -0.05) is 0 Å². The van der Waals surface area contributed by atoms with Crippen LogP contribution in [0.15, 0.2) is 42.7 Å². The van der Waals surface area contributed by atoms with Gasteiger partial charge >= 0.3 is 6.03 Å². The molecule has 2 aliphatic heterocycles. The molecule has 1 aromatic carbocycles. The second-order valence-electron chi connectivity index (χ2n) is 7.56. The van der Waals surface area contributed by atoms with E-state index in [1.54, 1.807) is 35.5 Å². The van der Waals surface area contributed by atoms with Crippen molar-refractivity contribution >= 4 is 17.8 Å². The molecular formula is C22H24N4O5. The number of aromatic nitrogens is 1. The van der Waals surface area contributed by atoms with Crippen molar-refractivity contribution in [1.29, 1.82) is 0 Å². The van der Waals surface area contributed by atoms with Crippen molar-refractivity contribution in [2.75, 3.05) is 19.7 Å². The molecule has 0 radical (unpaired) electrons. The monoisotopic (exact) mass is 424 g/mol. The van der Waals surface area contributed by atoms with E-state index in [9.17, 15) is 14.4 Å². The maximum Gasteiger partial charge on any atom is 0.322 e. The highest BCUT2D eigenvalue weighted by molar-refractivity contribution is 6.07. The van der Waals surface area contributed by atoms with E-state index in [0.29, 0.717) is 49.7 Å². The number of hydrogen-bond donors (Lipinski definition) is 2. The van der Waals surface area contributed by atoms with Crippen LogP contribution in [0.5, 0.6) is 11.5 Å². The zero-order valence-corrected chi connectivity index (χ0v) is 17.2. The first kappa shape index (κ1) is 20.6. The Labute approximate surface area is 179 Å². The third-order valence-corrected chi connectivity index (χ3v) is 5.43. The molecule has 1 spiro atoms. The first-order chi connectivity index (χ1) is 15.0. The molecule has 0 bridgehead atoms. The first-order valence-corrected chi connectivity index (χ1v) is 10.2. The lowest BCUT2D eigenvalue weighted by atomic mass is 9.89. The van der Waals surface area contributed by atoms with Crippen LogP contribution in [0.25, 0.3) is 0 Å². The molecule has 0 saturated carbocycles. The summed E-state index contributed by atoms with van der Waals surface area (Å²) in [6.07, 6.45) is 4.51. The lowest BCUT2D eigenvalue weighted by molar-refractivity contribution is -0.125. The van der Waals surface area contributed by atoms with Crippen LogP contribution in [-0.2, 0) is 11.4 Å². The highest BCUT2D eigenvalue weighted by Gasteiger charge is 2.49. The number of urea groups is 1. The van der Waals surface area contributed by atoms with Crippen molar-refractivity contribution < 1.29 is 23.9 Å². The van der Waals surface area contributed by atoms with Gasteiger partial charge in [0, 0.05) is 24.5 Å². The molecule has 2 aromatic rings. The molecular weight excluding hydrogens is 400 g/mol. The number of nitrogens with one attached hydrogen (secondary N) is 2. The Morgan fingerprint density at radius 2 is 1.97 bits per heavy atom. The van der Waals surface area contributed by atoms with Crippen LogP contribution < -0.4 is 20.1 Å². The summed E-state index contributed by atoms with van der Waals surface area (Å²) in [6, 6.07) is 8.26. The average Bonchev–Trinajstić information content (AvgIpc) is 3.05. The van der Waals surface area contributed by atoms with E-state index in [1.165, 1.54) is 0 Å². The van der Waals surface area contributed by atoms with Gasteiger partial charge in [-0.3, -0.25) is 19.9 Å². The lowest BCUT2D eigenvalue weighted by Crippen LogP contribution is -2.59. The maximum atomic E-state index is 13.2. The number of pyridine rings is 1. The summed E-state index contributed by atoms with van der Waals surface area (Å²) in [5, 5.41) is 4.96. The average molecular weight is 424 g/mol. The Morgan fingerprint density at radius 1 is 1.16 bits per heavy atom. The number of benzene rings is 1. The number of hydrogen-bond acceptors (Lipinski definition) is 6. The molecule has 31 heavy (non-hydrogen) atoms. The van der Waals surface area contributed by atoms with E-state index in [1.807, 2.05) is 19.1 Å². The minimum atomic E-state index is -1.05. The normalized spacial score (nSPS) is 20.4. The summed E-state index contributed by atoms with van der Waals surface area (Å²) in [5.41, 5.74) is 0.344. The van der Waals surface area contributed by atoms with Crippen molar-refractivity contribution in [2.24, 2.45) is 0 Å². The zero-order chi connectivity index (χ0) is 21.8. The smallest absolute Gasteiger partial charge is 0.322 e. The van der Waals surface area contributed by atoms with Crippen molar-refractivity contribution in [1.82, 2.24) is 20.5 Å². The number of carbonyl (C=O) groups excluding carboxylic acids is 3. The molecule has 1 unspecified atom stereocenters. The molecule has 2 aliphatic rings. The van der Waals surface area contributed by atoms with Crippen LogP contribution in [0, 0.1) is 0 Å². The summed E-state index contributed by atoms with van der Waals surface area (Å²) < 4.78 is 11.6. The molecule has 4 rings (SSSR count). The summed E-state index contributed by atoms with van der Waals surface area (Å²) >= 11 is 0. The van der Waals surface area contributed by atoms with Gasteiger partial charge in [-0.2, -0.15) is 0 Å². The molecule has 9 nitrogen and oxygen atoms in total. The predicted octanol–water partition coefficient (Wildman–Crippen LogP) is 1.87. The van der Waals surface area contributed by atoms with Crippen LogP contribution in [0.1, 0.15) is 35.7 Å². The first-order valence-electron chi connectivity index (χ1n) is 10.2. The fourth-order valence-corrected chi connectivity index (χ4v) is 3.90. The Morgan fingerprint density at radius 3 is 2.68 bits per heavy atom. The van der Waals surface area contributed by atoms with E-state index >= 15 is 0 Å². The molecule has 2 saturated heterocycles. The number of nitrogens with zero attached hydrogens (tertiary/aromatic N) is 2. The topological polar surface area (TPSA) is 110 Å². The van der Waals surface area contributed by atoms with Gasteiger partial charge in [-0.05, 0) is 55.7 Å². The third-order valence-electron chi connectivity index (χ3n) is 5.43. The van der Waals surface area contributed by atoms with Crippen molar-refractivity contribution in [2.45, 2.75) is 31.9 Å². The standard InChI is InChI=1S/C22H24N4O5/c1-2-30-18-12-16(4-5-17(18)31-13-15-6-9-23-10-7-15)19(27)26-11-3-8-22(14-26)20(28)24-21(29)25-22/h4-7,9-10,12H,2-3,8,11,13-14H2,1H3,(H2,24,25,28,29). The number of amides is 4. The predicted molar refractivity (Wildman–Crippen MR) is 111 cm³/mol. The van der Waals surface area contributed by atoms with Crippen LogP contribution in [0.4, 0.5) is 4.79 Å². The summed E-state index contributed by atoms with van der Waals surface area (Å²) in [5.74, 6) is 0.397. The molecule has 0 aliphatic carbocycles. The number of carbonyl (C=O) groups is 3. The highest BCUT2D eigenvalue weighted by Crippen LogP contribution is 2.31. The maximum absolute atomic E-state index is 13.2. The molecule has 162 valence electrons. The van der Waals surface area contributed by atoms with E-state index in [4.69, 9.17) is 9.47 Å². The van der Waals surface area contributed by atoms with E-state index in [-0.39, 0.29) is 18.4 Å². The minimum absolute atomic E-state index is 0.133. The number of rotatable bonds is 6. The quantitative estimate of drug-likeness (QED) is 0.685. The van der Waals surface area contributed by atoms with E-state index in [2.05, 4.69) is 15.6 Å². The van der Waals surface area contributed by atoms with Gasteiger partial charge in [0.1, 0.15) is 12.1 Å². The van der Waals surface area contributed by atoms with Crippen LogP contribution in [0.3, 0.4) is 0 Å². The van der Waals surface area contributed by atoms with E-state index < -0.39 is 11.6 Å². The molecule has 9 heteroatoms. The molecule has 4 amide bonds. The molecule has 3 heterocycles. The van der Waals surface area contributed by atoms with Gasteiger partial charge in [0.15, 0.2) is 11.5 Å². The zero-order valence-electron chi connectivity index (χ0n) is 17.2. The van der Waals surface area contributed by atoms with Crippen molar-refractivity contribution in [3.8, 4) is 11.5 Å². The second-order valence-corrected chi connectivity index (χ2v) is 7.56. The lowest BCUT2D eigenvalue weighted by Gasteiger charge is -2.38. The van der Waals surface area contributed by atoms with Crippen molar-refractivity contribution in [3.05, 3.63) is 53.9 Å². The Hall–Kier alpha value is -3.62. The fraction of sp³-hybridized carbons (Fsp3) is 0.364. The summed E-state index contributed by atoms with van der Waals surface area (Å²) in [7, 11) is 0. The largest absolute Gasteiger partial charge is 0.490 e. The minimum Gasteiger partial charge on any atom is -0.490 e. The van der Waals surface area contributed by atoms with E-state index in [0.717, 1.165) is 5.56 Å². The Bertz CT molecular complexity index is 997. The molecule has 2 fully saturated rings. The van der Waals surface area contributed by atoms with Crippen LogP contribution >= 0.6 is 0 Å². The molecule has 1 aromatic heterocycles. The van der Waals surface area contributed by atoms with Gasteiger partial charge in [0.25, 0.3) is 11.8 Å². The number of piperidine rings is 1. The van der Waals surface area contributed by atoms with Crippen LogP contribution in [0.2, 0.25) is 0 Å². The highest BCUT2D eigenvalue weighted by atomic mass is 16.5. The Kier molecular flexibility index (Phi) is 5.75. The van der Waals surface area contributed by atoms with Crippen molar-refractivity contribution in [3.63, 3.8) is 0 Å². The number of ether oxygens (including phenoxy) is 2. The van der Waals surface area contributed by atoms with Gasteiger partial charge in [-0.15, -0.1) is 0 Å².